The molecule has 0 spiro atoms. The van der Waals surface area contributed by atoms with E-state index in [1.165, 1.54) is 11.0 Å². The van der Waals surface area contributed by atoms with E-state index in [9.17, 15) is 9.59 Å². The smallest absolute Gasteiger partial charge is 0.254 e. The molecule has 0 heterocycles. The van der Waals surface area contributed by atoms with Gasteiger partial charge in [0, 0.05) is 17.6 Å². The summed E-state index contributed by atoms with van der Waals surface area (Å²) in [5.74, 6) is -0.446. The van der Waals surface area contributed by atoms with E-state index in [1.807, 2.05) is 27.7 Å². The van der Waals surface area contributed by atoms with Gasteiger partial charge in [-0.15, -0.1) is 0 Å². The Kier molecular flexibility index (Phi) is 6.05. The number of likely N-dealkylation sites (N-methyl/N-ethyl adjacent to an activating group) is 1. The number of benzene rings is 1. The second-order valence-electron chi connectivity index (χ2n) is 5.75. The average Bonchev–Trinajstić information content (AvgIpc) is 2.36. The predicted molar refractivity (Wildman–Crippen MR) is 85.9 cm³/mol. The number of nitrogens with one attached hydrogen (secondary N) is 1. The van der Waals surface area contributed by atoms with Crippen LogP contribution in [0.4, 0.5) is 0 Å². The van der Waals surface area contributed by atoms with Gasteiger partial charge in [-0.25, -0.2) is 0 Å². The predicted octanol–water partition coefficient (Wildman–Crippen LogP) is 3.37. The van der Waals surface area contributed by atoms with Gasteiger partial charge < -0.3 is 10.2 Å². The summed E-state index contributed by atoms with van der Waals surface area (Å²) in [7, 11) is 0. The Balaban J connectivity index is 2.82. The zero-order valence-corrected chi connectivity index (χ0v) is 14.2. The van der Waals surface area contributed by atoms with Gasteiger partial charge >= 0.3 is 0 Å². The fourth-order valence-electron chi connectivity index (χ4n) is 1.77. The van der Waals surface area contributed by atoms with Gasteiger partial charge in [0.15, 0.2) is 0 Å². The molecule has 0 aliphatic carbocycles. The summed E-state index contributed by atoms with van der Waals surface area (Å²) in [6.07, 6.45) is 0. The van der Waals surface area contributed by atoms with Gasteiger partial charge in [0.1, 0.15) is 0 Å². The molecule has 0 bridgehead atoms. The van der Waals surface area contributed by atoms with Crippen LogP contribution < -0.4 is 5.32 Å². The van der Waals surface area contributed by atoms with E-state index in [0.29, 0.717) is 22.2 Å². The molecule has 0 saturated carbocycles. The SMILES string of the molecule is CCN(CC(=O)NC(C)(C)C)C(=O)c1ccc(Cl)c(Cl)c1. The van der Waals surface area contributed by atoms with Gasteiger partial charge in [0.2, 0.25) is 5.91 Å². The van der Waals surface area contributed by atoms with Crippen molar-refractivity contribution in [3.8, 4) is 0 Å². The maximum Gasteiger partial charge on any atom is 0.254 e. The fraction of sp³-hybridized carbons (Fsp3) is 0.467. The highest BCUT2D eigenvalue weighted by Gasteiger charge is 2.20. The summed E-state index contributed by atoms with van der Waals surface area (Å²) in [5, 5.41) is 3.54. The molecule has 0 atom stereocenters. The van der Waals surface area contributed by atoms with E-state index in [0.717, 1.165) is 0 Å². The normalized spacial score (nSPS) is 11.1. The number of amides is 2. The van der Waals surface area contributed by atoms with Crippen molar-refractivity contribution in [2.45, 2.75) is 33.2 Å². The third-order valence-electron chi connectivity index (χ3n) is 2.68. The molecule has 6 heteroatoms. The molecule has 0 unspecified atom stereocenters. The summed E-state index contributed by atoms with van der Waals surface area (Å²) in [6.45, 7) is 7.93. The largest absolute Gasteiger partial charge is 0.350 e. The van der Waals surface area contributed by atoms with Crippen molar-refractivity contribution < 1.29 is 9.59 Å². The lowest BCUT2D eigenvalue weighted by Crippen LogP contribution is -2.47. The van der Waals surface area contributed by atoms with Crippen molar-refractivity contribution in [3.05, 3.63) is 33.8 Å². The average molecular weight is 331 g/mol. The minimum atomic E-state index is -0.330. The number of halogens is 2. The van der Waals surface area contributed by atoms with Crippen molar-refractivity contribution in [2.24, 2.45) is 0 Å². The van der Waals surface area contributed by atoms with Crippen molar-refractivity contribution in [3.63, 3.8) is 0 Å². The zero-order chi connectivity index (χ0) is 16.2. The molecular weight excluding hydrogens is 311 g/mol. The first-order valence-corrected chi connectivity index (χ1v) is 7.45. The maximum atomic E-state index is 12.4. The van der Waals surface area contributed by atoms with Crippen molar-refractivity contribution in [1.29, 1.82) is 0 Å². The molecule has 1 aromatic rings. The van der Waals surface area contributed by atoms with E-state index < -0.39 is 0 Å². The molecule has 4 nitrogen and oxygen atoms in total. The summed E-state index contributed by atoms with van der Waals surface area (Å²) >= 11 is 11.8. The quantitative estimate of drug-likeness (QED) is 0.920. The Bertz CT molecular complexity index is 539. The molecule has 0 aliphatic heterocycles. The van der Waals surface area contributed by atoms with Crippen LogP contribution in [0.2, 0.25) is 10.0 Å². The molecule has 1 N–H and O–H groups in total. The Hall–Kier alpha value is -1.26. The molecule has 116 valence electrons. The summed E-state index contributed by atoms with van der Waals surface area (Å²) in [4.78, 5) is 25.8. The molecule has 1 aromatic carbocycles. The van der Waals surface area contributed by atoms with Crippen molar-refractivity contribution in [1.82, 2.24) is 10.2 Å². The number of nitrogens with zero attached hydrogens (tertiary/aromatic N) is 1. The minimum absolute atomic E-state index is 0.00679. The monoisotopic (exact) mass is 330 g/mol. The molecule has 21 heavy (non-hydrogen) atoms. The first-order valence-electron chi connectivity index (χ1n) is 6.69. The van der Waals surface area contributed by atoms with Crippen LogP contribution in [0.1, 0.15) is 38.1 Å². The molecule has 0 radical (unpaired) electrons. The second-order valence-corrected chi connectivity index (χ2v) is 6.56. The van der Waals surface area contributed by atoms with Crippen LogP contribution in [0, 0.1) is 0 Å². The maximum absolute atomic E-state index is 12.4. The van der Waals surface area contributed by atoms with Gasteiger partial charge in [0.25, 0.3) is 5.91 Å². The van der Waals surface area contributed by atoms with Gasteiger partial charge in [-0.05, 0) is 45.9 Å². The minimum Gasteiger partial charge on any atom is -0.350 e. The number of carbonyl (C=O) groups is 2. The standard InChI is InChI=1S/C15H20Cl2N2O2/c1-5-19(9-13(20)18-15(2,3)4)14(21)10-6-7-11(16)12(17)8-10/h6-8H,5,9H2,1-4H3,(H,18,20). The summed E-state index contributed by atoms with van der Waals surface area (Å²) < 4.78 is 0. The number of carbonyl (C=O) groups excluding carboxylic acids is 2. The van der Waals surface area contributed by atoms with E-state index in [-0.39, 0.29) is 23.9 Å². The summed E-state index contributed by atoms with van der Waals surface area (Å²) in [6, 6.07) is 4.68. The Morgan fingerprint density at radius 1 is 1.19 bits per heavy atom. The van der Waals surface area contributed by atoms with Crippen LogP contribution >= 0.6 is 23.2 Å². The first kappa shape index (κ1) is 17.8. The Labute approximate surface area is 135 Å². The Morgan fingerprint density at radius 2 is 1.81 bits per heavy atom. The van der Waals surface area contributed by atoms with Crippen molar-refractivity contribution in [2.75, 3.05) is 13.1 Å². The van der Waals surface area contributed by atoms with Gasteiger partial charge in [-0.2, -0.15) is 0 Å². The topological polar surface area (TPSA) is 49.4 Å². The van der Waals surface area contributed by atoms with Crippen LogP contribution in [0.3, 0.4) is 0 Å². The molecule has 1 rings (SSSR count). The molecule has 0 saturated heterocycles. The highest BCUT2D eigenvalue weighted by atomic mass is 35.5. The number of hydrogen-bond acceptors (Lipinski definition) is 2. The van der Waals surface area contributed by atoms with Gasteiger partial charge in [-0.3, -0.25) is 9.59 Å². The van der Waals surface area contributed by atoms with E-state index >= 15 is 0 Å². The first-order chi connectivity index (χ1) is 9.64. The fourth-order valence-corrected chi connectivity index (χ4v) is 2.07. The van der Waals surface area contributed by atoms with E-state index in [1.54, 1.807) is 12.1 Å². The van der Waals surface area contributed by atoms with Crippen LogP contribution in [0.5, 0.6) is 0 Å². The van der Waals surface area contributed by atoms with Crippen LogP contribution in [-0.2, 0) is 4.79 Å². The molecular formula is C15H20Cl2N2O2. The van der Waals surface area contributed by atoms with Gasteiger partial charge in [-0.1, -0.05) is 23.2 Å². The highest BCUT2D eigenvalue weighted by Crippen LogP contribution is 2.23. The number of rotatable bonds is 4. The summed E-state index contributed by atoms with van der Waals surface area (Å²) in [5.41, 5.74) is 0.0816. The molecule has 0 aliphatic rings. The van der Waals surface area contributed by atoms with E-state index in [2.05, 4.69) is 5.32 Å². The zero-order valence-electron chi connectivity index (χ0n) is 12.7. The van der Waals surface area contributed by atoms with Crippen LogP contribution in [-0.4, -0.2) is 35.3 Å². The highest BCUT2D eigenvalue weighted by molar-refractivity contribution is 6.42. The van der Waals surface area contributed by atoms with Crippen LogP contribution in [0.25, 0.3) is 0 Å². The lowest BCUT2D eigenvalue weighted by Gasteiger charge is -2.25. The Morgan fingerprint density at radius 3 is 2.29 bits per heavy atom. The third kappa shape index (κ3) is 5.56. The van der Waals surface area contributed by atoms with Crippen LogP contribution in [0.15, 0.2) is 18.2 Å². The number of hydrogen-bond donors (Lipinski definition) is 1. The lowest BCUT2D eigenvalue weighted by atomic mass is 10.1. The van der Waals surface area contributed by atoms with Gasteiger partial charge in [0.05, 0.1) is 16.6 Å². The molecule has 0 aromatic heterocycles. The van der Waals surface area contributed by atoms with Crippen molar-refractivity contribution >= 4 is 35.0 Å². The van der Waals surface area contributed by atoms with E-state index in [4.69, 9.17) is 23.2 Å². The molecule has 2 amide bonds. The third-order valence-corrected chi connectivity index (χ3v) is 3.42. The lowest BCUT2D eigenvalue weighted by molar-refractivity contribution is -0.123. The second kappa shape index (κ2) is 7.14. The molecule has 0 fully saturated rings.